The fourth-order valence-electron chi connectivity index (χ4n) is 4.67. The number of rotatable bonds is 6. The van der Waals surface area contributed by atoms with Crippen LogP contribution in [-0.4, -0.2) is 105 Å². The summed E-state index contributed by atoms with van der Waals surface area (Å²) in [5.74, 6) is 5.19. The summed E-state index contributed by atoms with van der Waals surface area (Å²) in [7, 11) is -2.30. The van der Waals surface area contributed by atoms with Crippen molar-refractivity contribution in [3.63, 3.8) is 0 Å². The maximum Gasteiger partial charge on any atom is 0.247 e. The number of carbonyl (C=O) groups excluding carboxylic acids is 1. The molecule has 0 aromatic heterocycles. The van der Waals surface area contributed by atoms with E-state index >= 15 is 0 Å². The zero-order valence-electron chi connectivity index (χ0n) is 23.0. The minimum Gasteiger partial charge on any atom is -0.487 e. The van der Waals surface area contributed by atoms with Crippen molar-refractivity contribution < 1.29 is 32.2 Å². The Hall–Kier alpha value is -3.01. The topological polar surface area (TPSA) is 99.6 Å². The average molecular weight is 574 g/mol. The molecule has 2 aliphatic heterocycles. The number of hydrogen-bond acceptors (Lipinski definition) is 7. The molecule has 4 rings (SSSR count). The molecule has 1 fully saturated rings. The number of morpholine rings is 1. The van der Waals surface area contributed by atoms with Gasteiger partial charge in [-0.3, -0.25) is 9.69 Å². The smallest absolute Gasteiger partial charge is 0.247 e. The number of nitrogens with zero attached hydrogens (tertiary/aromatic N) is 3. The van der Waals surface area contributed by atoms with Crippen LogP contribution in [0.5, 0.6) is 5.75 Å². The first-order valence-electron chi connectivity index (χ1n) is 13.3. The van der Waals surface area contributed by atoms with Gasteiger partial charge in [-0.25, -0.2) is 12.8 Å². The van der Waals surface area contributed by atoms with Gasteiger partial charge in [-0.15, -0.1) is 0 Å². The standard InChI is InChI=1S/C29H36FN3O6S/c1-21-17-33(22(2)20-34)40(36,37)28-10-9-24(8-7-23-5-4-6-25(30)15-23)16-26(28)39-27(21)18-31(3)29(35)19-32-11-13-38-14-12-32/h4-6,9-10,15-16,21-22,27,34H,11-14,17-20H2,1-3H3/t21-,22+,27+/m0/s1. The third-order valence-corrected chi connectivity index (χ3v) is 9.20. The molecule has 2 aromatic carbocycles. The maximum absolute atomic E-state index is 13.7. The summed E-state index contributed by atoms with van der Waals surface area (Å²) in [6.07, 6.45) is -0.535. The van der Waals surface area contributed by atoms with E-state index in [0.29, 0.717) is 37.4 Å². The third kappa shape index (κ3) is 7.19. The minimum atomic E-state index is -4.01. The molecule has 0 spiro atoms. The lowest BCUT2D eigenvalue weighted by Crippen LogP contribution is -2.51. The lowest BCUT2D eigenvalue weighted by Gasteiger charge is -2.38. The van der Waals surface area contributed by atoms with Gasteiger partial charge in [-0.2, -0.15) is 4.31 Å². The van der Waals surface area contributed by atoms with Crippen molar-refractivity contribution in [2.75, 3.05) is 59.6 Å². The Morgan fingerprint density at radius 2 is 1.88 bits per heavy atom. The van der Waals surface area contributed by atoms with Gasteiger partial charge in [0.25, 0.3) is 0 Å². The molecule has 3 atom stereocenters. The molecular formula is C29H36FN3O6S. The molecule has 0 saturated carbocycles. The van der Waals surface area contributed by atoms with Gasteiger partial charge in [0.1, 0.15) is 22.6 Å². The first-order chi connectivity index (χ1) is 19.1. The number of benzene rings is 2. The van der Waals surface area contributed by atoms with Gasteiger partial charge in [0.05, 0.1) is 32.9 Å². The van der Waals surface area contributed by atoms with Crippen LogP contribution in [0, 0.1) is 23.6 Å². The third-order valence-electron chi connectivity index (χ3n) is 7.19. The molecule has 40 heavy (non-hydrogen) atoms. The predicted octanol–water partition coefficient (Wildman–Crippen LogP) is 1.78. The molecule has 0 aliphatic carbocycles. The van der Waals surface area contributed by atoms with Gasteiger partial charge in [0, 0.05) is 49.8 Å². The molecule has 2 aliphatic rings. The highest BCUT2D eigenvalue weighted by Gasteiger charge is 2.38. The lowest BCUT2D eigenvalue weighted by atomic mass is 10.0. The van der Waals surface area contributed by atoms with Crippen LogP contribution in [0.15, 0.2) is 47.4 Å². The van der Waals surface area contributed by atoms with Gasteiger partial charge in [-0.05, 0) is 43.3 Å². The second-order valence-corrected chi connectivity index (χ2v) is 12.2. The molecule has 1 N–H and O–H groups in total. The molecule has 216 valence electrons. The lowest BCUT2D eigenvalue weighted by molar-refractivity contribution is -0.133. The van der Waals surface area contributed by atoms with E-state index in [2.05, 4.69) is 11.8 Å². The Bertz CT molecular complexity index is 1370. The molecule has 0 radical (unpaired) electrons. The normalized spacial score (nSPS) is 22.0. The quantitative estimate of drug-likeness (QED) is 0.526. The SMILES string of the molecule is C[C@H](CO)N1C[C@H](C)[C@@H](CN(C)C(=O)CN2CCOCC2)Oc2cc(C#Cc3cccc(F)c3)ccc2S1(=O)=O. The summed E-state index contributed by atoms with van der Waals surface area (Å²) in [5, 5.41) is 9.85. The number of likely N-dealkylation sites (N-methyl/N-ethyl adjacent to an activating group) is 1. The molecular weight excluding hydrogens is 537 g/mol. The second kappa shape index (κ2) is 13.1. The van der Waals surface area contributed by atoms with Crippen molar-refractivity contribution in [3.8, 4) is 17.6 Å². The van der Waals surface area contributed by atoms with Crippen LogP contribution in [0.25, 0.3) is 0 Å². The van der Waals surface area contributed by atoms with Crippen LogP contribution in [0.2, 0.25) is 0 Å². The van der Waals surface area contributed by atoms with E-state index in [1.54, 1.807) is 43.1 Å². The summed E-state index contributed by atoms with van der Waals surface area (Å²) in [6.45, 7) is 6.35. The van der Waals surface area contributed by atoms with E-state index in [1.165, 1.54) is 22.5 Å². The monoisotopic (exact) mass is 573 g/mol. The first-order valence-corrected chi connectivity index (χ1v) is 14.8. The Morgan fingerprint density at radius 1 is 1.18 bits per heavy atom. The van der Waals surface area contributed by atoms with Gasteiger partial charge >= 0.3 is 0 Å². The Kier molecular flexibility index (Phi) is 9.81. The largest absolute Gasteiger partial charge is 0.487 e. The van der Waals surface area contributed by atoms with Crippen molar-refractivity contribution in [2.24, 2.45) is 5.92 Å². The molecule has 2 heterocycles. The van der Waals surface area contributed by atoms with Crippen LogP contribution in [0.4, 0.5) is 4.39 Å². The number of aliphatic hydroxyl groups excluding tert-OH is 1. The number of amides is 1. The van der Waals surface area contributed by atoms with E-state index in [4.69, 9.17) is 9.47 Å². The number of ether oxygens (including phenoxy) is 2. The van der Waals surface area contributed by atoms with Crippen molar-refractivity contribution >= 4 is 15.9 Å². The summed E-state index contributed by atoms with van der Waals surface area (Å²) >= 11 is 0. The molecule has 1 amide bonds. The highest BCUT2D eigenvalue weighted by atomic mass is 32.2. The summed E-state index contributed by atoms with van der Waals surface area (Å²) in [4.78, 5) is 16.6. The van der Waals surface area contributed by atoms with Gasteiger partial charge in [0.2, 0.25) is 15.9 Å². The van der Waals surface area contributed by atoms with Crippen molar-refractivity contribution in [3.05, 3.63) is 59.4 Å². The van der Waals surface area contributed by atoms with Crippen LogP contribution < -0.4 is 4.74 Å². The number of carbonyl (C=O) groups is 1. The van der Waals surface area contributed by atoms with Gasteiger partial charge in [-0.1, -0.05) is 24.8 Å². The molecule has 0 unspecified atom stereocenters. The van der Waals surface area contributed by atoms with Crippen molar-refractivity contribution in [1.29, 1.82) is 0 Å². The molecule has 9 nitrogen and oxygen atoms in total. The van der Waals surface area contributed by atoms with Gasteiger partial charge < -0.3 is 19.5 Å². The highest BCUT2D eigenvalue weighted by molar-refractivity contribution is 7.89. The van der Waals surface area contributed by atoms with Crippen molar-refractivity contribution in [2.45, 2.75) is 30.9 Å². The minimum absolute atomic E-state index is 0.0386. The second-order valence-electron chi connectivity index (χ2n) is 10.3. The molecule has 2 aromatic rings. The fraction of sp³-hybridized carbons (Fsp3) is 0.483. The van der Waals surface area contributed by atoms with E-state index in [9.17, 15) is 22.7 Å². The molecule has 1 saturated heterocycles. The van der Waals surface area contributed by atoms with Gasteiger partial charge in [0.15, 0.2) is 0 Å². The number of hydrogen-bond donors (Lipinski definition) is 1. The summed E-state index contributed by atoms with van der Waals surface area (Å²) < 4.78 is 54.0. The molecule has 0 bridgehead atoms. The average Bonchev–Trinajstić information content (AvgIpc) is 2.93. The van der Waals surface area contributed by atoms with Crippen LogP contribution >= 0.6 is 0 Å². The van der Waals surface area contributed by atoms with E-state index in [0.717, 1.165) is 0 Å². The summed E-state index contributed by atoms with van der Waals surface area (Å²) in [6, 6.07) is 9.81. The molecule has 11 heteroatoms. The van der Waals surface area contributed by atoms with Crippen LogP contribution in [-0.2, 0) is 19.6 Å². The van der Waals surface area contributed by atoms with Crippen LogP contribution in [0.3, 0.4) is 0 Å². The number of sulfonamides is 1. The Labute approximate surface area is 235 Å². The Morgan fingerprint density at radius 3 is 2.55 bits per heavy atom. The maximum atomic E-state index is 13.7. The first kappa shape index (κ1) is 30.0. The predicted molar refractivity (Wildman–Crippen MR) is 148 cm³/mol. The summed E-state index contributed by atoms with van der Waals surface area (Å²) in [5.41, 5.74) is 0.971. The van der Waals surface area contributed by atoms with Crippen molar-refractivity contribution in [1.82, 2.24) is 14.1 Å². The fourth-order valence-corrected chi connectivity index (χ4v) is 6.50. The zero-order valence-corrected chi connectivity index (χ0v) is 23.9. The van der Waals surface area contributed by atoms with Crippen LogP contribution in [0.1, 0.15) is 25.0 Å². The Balaban J connectivity index is 1.65. The number of fused-ring (bicyclic) bond motifs is 1. The number of aliphatic hydroxyl groups is 1. The zero-order chi connectivity index (χ0) is 28.9. The van der Waals surface area contributed by atoms with E-state index in [1.807, 2.05) is 11.8 Å². The highest BCUT2D eigenvalue weighted by Crippen LogP contribution is 2.34. The number of halogens is 1. The van der Waals surface area contributed by atoms with E-state index in [-0.39, 0.29) is 48.7 Å². The van der Waals surface area contributed by atoms with E-state index < -0.39 is 28.0 Å².